The molecule has 0 amide bonds. The molecule has 0 atom stereocenters. The number of carboxylic acid groups (broad SMARTS) is 2. The van der Waals surface area contributed by atoms with E-state index in [2.05, 4.69) is 18.3 Å². The number of aliphatic carboxylic acids is 2. The van der Waals surface area contributed by atoms with E-state index in [4.69, 9.17) is 15.0 Å². The molecule has 0 saturated heterocycles. The zero-order valence-electron chi connectivity index (χ0n) is 6.15. The van der Waals surface area contributed by atoms with E-state index in [1.165, 1.54) is 0 Å². The molecule has 6 nitrogen and oxygen atoms in total. The molecule has 0 aliphatic carbocycles. The summed E-state index contributed by atoms with van der Waals surface area (Å²) in [6, 6.07) is 0. The maximum Gasteiger partial charge on any atom is 0.327 e. The number of hydrogen-bond donors (Lipinski definition) is 4. The van der Waals surface area contributed by atoms with Gasteiger partial charge in [0.15, 0.2) is 0 Å². The van der Waals surface area contributed by atoms with E-state index in [9.17, 15) is 4.79 Å². The molecule has 0 radical (unpaired) electrons. The zero-order chi connectivity index (χ0) is 9.86. The Morgan fingerprint density at radius 3 is 1.45 bits per heavy atom. The molecule has 0 bridgehead atoms. The summed E-state index contributed by atoms with van der Waals surface area (Å²) in [5.74, 6) is 6.19. The SMILES string of the molecule is C=CC(=O)O.CC(=O)O.NN. The monoisotopic (exact) mass is 164 g/mol. The van der Waals surface area contributed by atoms with E-state index < -0.39 is 11.9 Å². The van der Waals surface area contributed by atoms with Gasteiger partial charge in [-0.3, -0.25) is 16.5 Å². The lowest BCUT2D eigenvalue weighted by molar-refractivity contribution is -0.134. The minimum Gasteiger partial charge on any atom is -0.481 e. The first-order valence-corrected chi connectivity index (χ1v) is 2.39. The van der Waals surface area contributed by atoms with Gasteiger partial charge < -0.3 is 10.2 Å². The summed E-state index contributed by atoms with van der Waals surface area (Å²) in [7, 11) is 0. The lowest BCUT2D eigenvalue weighted by Crippen LogP contribution is -2.02. The molecule has 0 aromatic carbocycles. The van der Waals surface area contributed by atoms with Gasteiger partial charge in [-0.1, -0.05) is 6.58 Å². The highest BCUT2D eigenvalue weighted by Gasteiger charge is 1.73. The van der Waals surface area contributed by atoms with Crippen LogP contribution in [-0.2, 0) is 9.59 Å². The van der Waals surface area contributed by atoms with Gasteiger partial charge in [0.05, 0.1) is 0 Å². The highest BCUT2D eigenvalue weighted by molar-refractivity contribution is 5.78. The van der Waals surface area contributed by atoms with Gasteiger partial charge in [0, 0.05) is 13.0 Å². The van der Waals surface area contributed by atoms with E-state index in [1.54, 1.807) is 0 Å². The number of rotatable bonds is 1. The molecule has 0 heterocycles. The van der Waals surface area contributed by atoms with Gasteiger partial charge in [-0.2, -0.15) is 0 Å². The molecule has 66 valence electrons. The second-order valence-corrected chi connectivity index (χ2v) is 1.06. The molecule has 0 saturated carbocycles. The van der Waals surface area contributed by atoms with Crippen molar-refractivity contribution in [2.24, 2.45) is 11.7 Å². The maximum absolute atomic E-state index is 9.25. The molecular formula is C5H12N2O4. The molecule has 0 fully saturated rings. The van der Waals surface area contributed by atoms with Crippen LogP contribution >= 0.6 is 0 Å². The molecule has 6 N–H and O–H groups in total. The second-order valence-electron chi connectivity index (χ2n) is 1.06. The third-order valence-corrected chi connectivity index (χ3v) is 0.175. The fourth-order valence-electron chi connectivity index (χ4n) is 0. The van der Waals surface area contributed by atoms with E-state index in [-0.39, 0.29) is 0 Å². The van der Waals surface area contributed by atoms with Gasteiger partial charge in [0.2, 0.25) is 0 Å². The van der Waals surface area contributed by atoms with Crippen LogP contribution in [0.25, 0.3) is 0 Å². The van der Waals surface area contributed by atoms with Crippen LogP contribution in [0.2, 0.25) is 0 Å². The average Bonchev–Trinajstić information content (AvgIpc) is 1.91. The summed E-state index contributed by atoms with van der Waals surface area (Å²) in [5, 5.41) is 15.0. The minimum atomic E-state index is -0.981. The number of nitrogens with two attached hydrogens (primary N) is 2. The normalized spacial score (nSPS) is 5.73. The predicted molar refractivity (Wildman–Crippen MR) is 39.5 cm³/mol. The number of hydrazine groups is 1. The lowest BCUT2D eigenvalue weighted by atomic mass is 10.7. The summed E-state index contributed by atoms with van der Waals surface area (Å²) in [5.41, 5.74) is 0. The van der Waals surface area contributed by atoms with E-state index >= 15 is 0 Å². The Balaban J connectivity index is -0.0000000965. The van der Waals surface area contributed by atoms with Crippen molar-refractivity contribution in [2.45, 2.75) is 6.92 Å². The summed E-state index contributed by atoms with van der Waals surface area (Å²) < 4.78 is 0. The van der Waals surface area contributed by atoms with Crippen LogP contribution in [0.4, 0.5) is 0 Å². The predicted octanol–water partition coefficient (Wildman–Crippen LogP) is -0.833. The number of carbonyl (C=O) groups is 2. The highest BCUT2D eigenvalue weighted by Crippen LogP contribution is 1.54. The Labute approximate surface area is 64.1 Å². The first-order chi connectivity index (χ1) is 5.00. The van der Waals surface area contributed by atoms with Gasteiger partial charge in [0.25, 0.3) is 5.97 Å². The Morgan fingerprint density at radius 1 is 1.36 bits per heavy atom. The van der Waals surface area contributed by atoms with Crippen LogP contribution < -0.4 is 11.7 Å². The van der Waals surface area contributed by atoms with Gasteiger partial charge in [-0.15, -0.1) is 0 Å². The summed E-state index contributed by atoms with van der Waals surface area (Å²) >= 11 is 0. The Morgan fingerprint density at radius 2 is 1.45 bits per heavy atom. The van der Waals surface area contributed by atoms with Gasteiger partial charge in [-0.05, 0) is 0 Å². The Kier molecular flexibility index (Phi) is 23.5. The molecule has 0 aliphatic heterocycles. The average molecular weight is 164 g/mol. The fraction of sp³-hybridized carbons (Fsp3) is 0.200. The van der Waals surface area contributed by atoms with Crippen LogP contribution in [0.15, 0.2) is 12.7 Å². The van der Waals surface area contributed by atoms with Crippen molar-refractivity contribution in [3.63, 3.8) is 0 Å². The number of hydrogen-bond acceptors (Lipinski definition) is 4. The summed E-state index contributed by atoms with van der Waals surface area (Å²) in [4.78, 5) is 18.2. The van der Waals surface area contributed by atoms with Gasteiger partial charge in [-0.25, -0.2) is 4.79 Å². The summed E-state index contributed by atoms with van der Waals surface area (Å²) in [6.07, 6.45) is 0.833. The van der Waals surface area contributed by atoms with E-state index in [0.29, 0.717) is 0 Å². The molecule has 0 spiro atoms. The van der Waals surface area contributed by atoms with Crippen LogP contribution in [-0.4, -0.2) is 22.2 Å². The quantitative estimate of drug-likeness (QED) is 0.227. The molecule has 0 aromatic heterocycles. The molecule has 0 unspecified atom stereocenters. The molecule has 6 heteroatoms. The third-order valence-electron chi connectivity index (χ3n) is 0.175. The molecule has 11 heavy (non-hydrogen) atoms. The Bertz CT molecular complexity index is 120. The van der Waals surface area contributed by atoms with Gasteiger partial charge in [0.1, 0.15) is 0 Å². The largest absolute Gasteiger partial charge is 0.481 e. The van der Waals surface area contributed by atoms with Crippen molar-refractivity contribution in [3.05, 3.63) is 12.7 Å². The van der Waals surface area contributed by atoms with Crippen LogP contribution in [0.3, 0.4) is 0 Å². The Hall–Kier alpha value is -1.40. The lowest BCUT2D eigenvalue weighted by Gasteiger charge is -1.64. The standard InChI is InChI=1S/C3H4O2.C2H4O2.H4N2/c1-2-3(4)5;1-2(3)4;1-2/h2H,1H2,(H,4,5);1H3,(H,3,4);1-2H2. The third kappa shape index (κ3) is 1040. The molecule has 0 aromatic rings. The smallest absolute Gasteiger partial charge is 0.327 e. The van der Waals surface area contributed by atoms with E-state index in [0.717, 1.165) is 13.0 Å². The molecule has 0 aliphatic rings. The highest BCUT2D eigenvalue weighted by atomic mass is 16.4. The van der Waals surface area contributed by atoms with Crippen molar-refractivity contribution in [1.29, 1.82) is 0 Å². The first kappa shape index (κ1) is 16.3. The van der Waals surface area contributed by atoms with Crippen LogP contribution in [0.5, 0.6) is 0 Å². The van der Waals surface area contributed by atoms with Crippen LogP contribution in [0.1, 0.15) is 6.92 Å². The van der Waals surface area contributed by atoms with E-state index in [1.807, 2.05) is 0 Å². The van der Waals surface area contributed by atoms with Crippen molar-refractivity contribution in [1.82, 2.24) is 0 Å². The zero-order valence-corrected chi connectivity index (χ0v) is 6.15. The topological polar surface area (TPSA) is 127 Å². The minimum absolute atomic E-state index is 0.833. The van der Waals surface area contributed by atoms with Crippen molar-refractivity contribution < 1.29 is 19.8 Å². The first-order valence-electron chi connectivity index (χ1n) is 2.39. The molecular weight excluding hydrogens is 152 g/mol. The number of carboxylic acids is 2. The fourth-order valence-corrected chi connectivity index (χ4v) is 0. The van der Waals surface area contributed by atoms with Crippen LogP contribution in [0, 0.1) is 0 Å². The van der Waals surface area contributed by atoms with Crippen molar-refractivity contribution in [2.75, 3.05) is 0 Å². The van der Waals surface area contributed by atoms with Gasteiger partial charge >= 0.3 is 5.97 Å². The van der Waals surface area contributed by atoms with Crippen molar-refractivity contribution >= 4 is 11.9 Å². The second kappa shape index (κ2) is 15.8. The molecule has 0 rings (SSSR count). The maximum atomic E-state index is 9.25. The summed E-state index contributed by atoms with van der Waals surface area (Å²) in [6.45, 7) is 4.04. The van der Waals surface area contributed by atoms with Crippen molar-refractivity contribution in [3.8, 4) is 0 Å².